The molecule has 0 aliphatic carbocycles. The van der Waals surface area contributed by atoms with Crippen molar-refractivity contribution in [1.82, 2.24) is 10.3 Å². The zero-order valence-corrected chi connectivity index (χ0v) is 10.7. The van der Waals surface area contributed by atoms with Crippen LogP contribution in [0.15, 0.2) is 0 Å². The smallest absolute Gasteiger partial charge is 0.233 e. The number of nitrogens with one attached hydrogen (secondary N) is 1. The van der Waals surface area contributed by atoms with E-state index in [1.54, 1.807) is 0 Å². The van der Waals surface area contributed by atoms with Crippen molar-refractivity contribution in [2.75, 3.05) is 19.6 Å². The summed E-state index contributed by atoms with van der Waals surface area (Å²) in [5.41, 5.74) is 2.14. The number of amides is 1. The van der Waals surface area contributed by atoms with Crippen molar-refractivity contribution < 1.29 is 9.90 Å². The first-order chi connectivity index (χ1) is 8.13. The standard InChI is InChI=1S/C12H25N3O2/c1-10(16)11-6-8-15(9-11)7-4-2-3-5-12(17)14-13/h10-11,16H,2-9,13H2,1H3,(H,14,17). The SMILES string of the molecule is CC(O)C1CCN(CCCCCC(=O)NN)C1. The summed E-state index contributed by atoms with van der Waals surface area (Å²) in [7, 11) is 0. The Morgan fingerprint density at radius 1 is 1.53 bits per heavy atom. The van der Waals surface area contributed by atoms with Gasteiger partial charge in [-0.15, -0.1) is 0 Å². The molecule has 5 heteroatoms. The zero-order chi connectivity index (χ0) is 12.7. The molecule has 0 radical (unpaired) electrons. The Kier molecular flexibility index (Phi) is 6.47. The molecule has 0 spiro atoms. The summed E-state index contributed by atoms with van der Waals surface area (Å²) < 4.78 is 0. The van der Waals surface area contributed by atoms with Crippen LogP contribution in [0.25, 0.3) is 0 Å². The number of hydrazine groups is 1. The van der Waals surface area contributed by atoms with Crippen LogP contribution in [0.1, 0.15) is 39.0 Å². The van der Waals surface area contributed by atoms with Gasteiger partial charge in [0.1, 0.15) is 0 Å². The molecular formula is C12H25N3O2. The summed E-state index contributed by atoms with van der Waals surface area (Å²) in [6.45, 7) is 5.06. The van der Waals surface area contributed by atoms with Gasteiger partial charge in [0, 0.05) is 13.0 Å². The van der Waals surface area contributed by atoms with Crippen LogP contribution in [0.5, 0.6) is 0 Å². The van der Waals surface area contributed by atoms with Crippen LogP contribution in [-0.2, 0) is 4.79 Å². The average Bonchev–Trinajstić information content (AvgIpc) is 2.77. The van der Waals surface area contributed by atoms with E-state index in [0.717, 1.165) is 45.3 Å². The average molecular weight is 243 g/mol. The van der Waals surface area contributed by atoms with Gasteiger partial charge in [-0.05, 0) is 45.2 Å². The zero-order valence-electron chi connectivity index (χ0n) is 10.7. The maximum absolute atomic E-state index is 10.9. The van der Waals surface area contributed by atoms with E-state index in [1.807, 2.05) is 6.92 Å². The van der Waals surface area contributed by atoms with Gasteiger partial charge in [-0.2, -0.15) is 0 Å². The minimum absolute atomic E-state index is 0.0830. The highest BCUT2D eigenvalue weighted by molar-refractivity contribution is 5.74. The molecule has 100 valence electrons. The Balaban J connectivity index is 1.99. The van der Waals surface area contributed by atoms with Gasteiger partial charge in [0.2, 0.25) is 5.91 Å². The number of carbonyl (C=O) groups is 1. The van der Waals surface area contributed by atoms with Crippen LogP contribution >= 0.6 is 0 Å². The van der Waals surface area contributed by atoms with Gasteiger partial charge in [-0.3, -0.25) is 10.2 Å². The maximum Gasteiger partial charge on any atom is 0.233 e. The number of likely N-dealkylation sites (tertiary alicyclic amines) is 1. The Morgan fingerprint density at radius 2 is 2.29 bits per heavy atom. The van der Waals surface area contributed by atoms with E-state index in [2.05, 4.69) is 10.3 Å². The van der Waals surface area contributed by atoms with Crippen molar-refractivity contribution in [1.29, 1.82) is 0 Å². The quantitative estimate of drug-likeness (QED) is 0.259. The second-order valence-electron chi connectivity index (χ2n) is 4.97. The van der Waals surface area contributed by atoms with E-state index in [-0.39, 0.29) is 12.0 Å². The fourth-order valence-corrected chi connectivity index (χ4v) is 2.33. The van der Waals surface area contributed by atoms with Gasteiger partial charge in [0.05, 0.1) is 6.10 Å². The lowest BCUT2D eigenvalue weighted by atomic mass is 10.0. The normalized spacial score (nSPS) is 22.6. The van der Waals surface area contributed by atoms with E-state index in [1.165, 1.54) is 0 Å². The molecule has 1 saturated heterocycles. The molecule has 1 fully saturated rings. The summed E-state index contributed by atoms with van der Waals surface area (Å²) in [5, 5.41) is 9.48. The number of hydrogen-bond acceptors (Lipinski definition) is 4. The highest BCUT2D eigenvalue weighted by atomic mass is 16.3. The lowest BCUT2D eigenvalue weighted by molar-refractivity contribution is -0.121. The van der Waals surface area contributed by atoms with E-state index in [9.17, 15) is 9.90 Å². The number of aliphatic hydroxyl groups excluding tert-OH is 1. The summed E-state index contributed by atoms with van der Waals surface area (Å²) in [5.74, 6) is 5.36. The van der Waals surface area contributed by atoms with E-state index < -0.39 is 0 Å². The predicted molar refractivity (Wildman–Crippen MR) is 67.0 cm³/mol. The van der Waals surface area contributed by atoms with Crippen molar-refractivity contribution in [3.8, 4) is 0 Å². The topological polar surface area (TPSA) is 78.6 Å². The van der Waals surface area contributed by atoms with Crippen LogP contribution in [-0.4, -0.2) is 41.7 Å². The molecule has 0 saturated carbocycles. The molecule has 1 rings (SSSR count). The minimum atomic E-state index is -0.187. The molecule has 17 heavy (non-hydrogen) atoms. The highest BCUT2D eigenvalue weighted by Crippen LogP contribution is 2.19. The number of unbranched alkanes of at least 4 members (excludes halogenated alkanes) is 2. The van der Waals surface area contributed by atoms with Gasteiger partial charge in [0.25, 0.3) is 0 Å². The molecular weight excluding hydrogens is 218 g/mol. The molecule has 2 unspecified atom stereocenters. The van der Waals surface area contributed by atoms with Crippen molar-refractivity contribution in [2.24, 2.45) is 11.8 Å². The lowest BCUT2D eigenvalue weighted by Gasteiger charge is -2.17. The Bertz CT molecular complexity index is 234. The fraction of sp³-hybridized carbons (Fsp3) is 0.917. The number of nitrogens with zero attached hydrogens (tertiary/aromatic N) is 1. The summed E-state index contributed by atoms with van der Waals surface area (Å²) in [4.78, 5) is 13.3. The molecule has 4 N–H and O–H groups in total. The molecule has 1 amide bonds. The van der Waals surface area contributed by atoms with Crippen molar-refractivity contribution >= 4 is 5.91 Å². The third-order valence-electron chi connectivity index (χ3n) is 3.53. The molecule has 1 aliphatic heterocycles. The van der Waals surface area contributed by atoms with Crippen LogP contribution < -0.4 is 11.3 Å². The van der Waals surface area contributed by atoms with Gasteiger partial charge >= 0.3 is 0 Å². The van der Waals surface area contributed by atoms with Gasteiger partial charge in [-0.25, -0.2) is 5.84 Å². The minimum Gasteiger partial charge on any atom is -0.393 e. The molecule has 5 nitrogen and oxygen atoms in total. The van der Waals surface area contributed by atoms with Gasteiger partial charge < -0.3 is 10.0 Å². The van der Waals surface area contributed by atoms with E-state index in [4.69, 9.17) is 5.84 Å². The van der Waals surface area contributed by atoms with Crippen molar-refractivity contribution in [3.63, 3.8) is 0 Å². The van der Waals surface area contributed by atoms with Crippen LogP contribution in [0.2, 0.25) is 0 Å². The van der Waals surface area contributed by atoms with Crippen LogP contribution in [0, 0.1) is 5.92 Å². The predicted octanol–water partition coefficient (Wildman–Crippen LogP) is 0.239. The molecule has 2 atom stereocenters. The van der Waals surface area contributed by atoms with Crippen LogP contribution in [0.4, 0.5) is 0 Å². The van der Waals surface area contributed by atoms with Crippen LogP contribution in [0.3, 0.4) is 0 Å². The van der Waals surface area contributed by atoms with Gasteiger partial charge in [-0.1, -0.05) is 6.42 Å². The largest absolute Gasteiger partial charge is 0.393 e. The molecule has 0 aromatic rings. The second-order valence-corrected chi connectivity index (χ2v) is 4.97. The second kappa shape index (κ2) is 7.63. The first kappa shape index (κ1) is 14.4. The number of nitrogens with two attached hydrogens (primary N) is 1. The summed E-state index contributed by atoms with van der Waals surface area (Å²) in [6, 6.07) is 0. The first-order valence-electron chi connectivity index (χ1n) is 6.53. The lowest BCUT2D eigenvalue weighted by Crippen LogP contribution is -2.29. The number of aliphatic hydroxyl groups is 1. The third kappa shape index (κ3) is 5.48. The van der Waals surface area contributed by atoms with Crippen molar-refractivity contribution in [3.05, 3.63) is 0 Å². The molecule has 1 heterocycles. The first-order valence-corrected chi connectivity index (χ1v) is 6.53. The van der Waals surface area contributed by atoms with Gasteiger partial charge in [0.15, 0.2) is 0 Å². The number of carbonyl (C=O) groups excluding carboxylic acids is 1. The molecule has 0 aromatic heterocycles. The Hall–Kier alpha value is -0.650. The van der Waals surface area contributed by atoms with Crippen molar-refractivity contribution in [2.45, 2.75) is 45.1 Å². The number of hydrogen-bond donors (Lipinski definition) is 3. The fourth-order valence-electron chi connectivity index (χ4n) is 2.33. The number of rotatable bonds is 7. The third-order valence-corrected chi connectivity index (χ3v) is 3.53. The van der Waals surface area contributed by atoms with E-state index >= 15 is 0 Å². The Labute approximate surface area is 103 Å². The molecule has 1 aliphatic rings. The summed E-state index contributed by atoms with van der Waals surface area (Å²) in [6.07, 6.45) is 4.51. The maximum atomic E-state index is 10.9. The highest BCUT2D eigenvalue weighted by Gasteiger charge is 2.25. The van der Waals surface area contributed by atoms with E-state index in [0.29, 0.717) is 12.3 Å². The Morgan fingerprint density at radius 3 is 2.88 bits per heavy atom. The monoisotopic (exact) mass is 243 g/mol. The molecule has 0 bridgehead atoms. The summed E-state index contributed by atoms with van der Waals surface area (Å²) >= 11 is 0. The molecule has 0 aromatic carbocycles.